The number of hydrogen-bond acceptors (Lipinski definition) is 3. The molecule has 3 rings (SSSR count). The Bertz CT molecular complexity index is 922. The molecule has 0 aliphatic heterocycles. The van der Waals surface area contributed by atoms with Crippen molar-refractivity contribution in [1.29, 1.82) is 0 Å². The van der Waals surface area contributed by atoms with Gasteiger partial charge < -0.3 is 9.15 Å². The van der Waals surface area contributed by atoms with Crippen LogP contribution in [0.25, 0.3) is 6.08 Å². The number of carbonyl (C=O) groups excluding carboxylic acids is 1. The molecular formula is C21H16ClFO3. The molecule has 0 unspecified atom stereocenters. The monoisotopic (exact) mass is 370 g/mol. The van der Waals surface area contributed by atoms with Gasteiger partial charge in [0.1, 0.15) is 29.7 Å². The van der Waals surface area contributed by atoms with Crippen LogP contribution >= 0.6 is 11.6 Å². The molecule has 0 saturated carbocycles. The van der Waals surface area contributed by atoms with Crippen molar-refractivity contribution in [3.05, 3.63) is 94.2 Å². The smallest absolute Gasteiger partial charge is 0.185 e. The molecule has 0 aliphatic carbocycles. The van der Waals surface area contributed by atoms with Crippen LogP contribution in [0.1, 0.15) is 27.4 Å². The lowest BCUT2D eigenvalue weighted by atomic mass is 10.1. The number of ketones is 1. The maximum atomic E-state index is 12.9. The summed E-state index contributed by atoms with van der Waals surface area (Å²) >= 11 is 6.13. The second-order valence-electron chi connectivity index (χ2n) is 5.68. The first kappa shape index (κ1) is 18.0. The predicted octanol–water partition coefficient (Wildman–Crippen LogP) is 5.86. The zero-order chi connectivity index (χ0) is 18.5. The van der Waals surface area contributed by atoms with Crippen LogP contribution in [0.5, 0.6) is 5.75 Å². The van der Waals surface area contributed by atoms with Crippen LogP contribution in [0.3, 0.4) is 0 Å². The minimum atomic E-state index is -0.380. The second kappa shape index (κ2) is 8.02. The van der Waals surface area contributed by atoms with Gasteiger partial charge in [0.25, 0.3) is 0 Å². The molecule has 0 radical (unpaired) electrons. The Kier molecular flexibility index (Phi) is 5.54. The highest BCUT2D eigenvalue weighted by Gasteiger charge is 2.07. The number of aryl methyl sites for hydroxylation is 1. The topological polar surface area (TPSA) is 39.4 Å². The highest BCUT2D eigenvalue weighted by atomic mass is 35.5. The van der Waals surface area contributed by atoms with Crippen molar-refractivity contribution < 1.29 is 18.3 Å². The minimum absolute atomic E-state index is 0.227. The summed E-state index contributed by atoms with van der Waals surface area (Å²) < 4.78 is 24.2. The van der Waals surface area contributed by atoms with Crippen molar-refractivity contribution in [2.75, 3.05) is 0 Å². The molecule has 132 valence electrons. The number of allylic oxidation sites excluding steroid dienone is 1. The van der Waals surface area contributed by atoms with Gasteiger partial charge in [0.15, 0.2) is 5.78 Å². The second-order valence-corrected chi connectivity index (χ2v) is 6.09. The molecule has 0 N–H and O–H groups in total. The highest BCUT2D eigenvalue weighted by Crippen LogP contribution is 2.28. The van der Waals surface area contributed by atoms with E-state index in [-0.39, 0.29) is 18.2 Å². The lowest BCUT2D eigenvalue weighted by Crippen LogP contribution is -1.96. The van der Waals surface area contributed by atoms with Crippen molar-refractivity contribution in [1.82, 2.24) is 0 Å². The van der Waals surface area contributed by atoms with Crippen LogP contribution < -0.4 is 4.74 Å². The van der Waals surface area contributed by atoms with Crippen LogP contribution in [0.4, 0.5) is 4.39 Å². The Morgan fingerprint density at radius 3 is 2.65 bits per heavy atom. The maximum Gasteiger partial charge on any atom is 0.185 e. The average Bonchev–Trinajstić information content (AvgIpc) is 3.08. The molecule has 0 saturated heterocycles. The summed E-state index contributed by atoms with van der Waals surface area (Å²) in [4.78, 5) is 12.0. The van der Waals surface area contributed by atoms with E-state index in [1.807, 2.05) is 19.1 Å². The number of hydrogen-bond donors (Lipinski definition) is 0. The third kappa shape index (κ3) is 4.41. The van der Waals surface area contributed by atoms with Gasteiger partial charge in [-0.15, -0.1) is 0 Å². The first-order valence-corrected chi connectivity index (χ1v) is 8.35. The number of rotatable bonds is 6. The van der Waals surface area contributed by atoms with Crippen LogP contribution in [-0.4, -0.2) is 5.78 Å². The van der Waals surface area contributed by atoms with E-state index in [4.69, 9.17) is 20.8 Å². The number of para-hydroxylation sites is 1. The van der Waals surface area contributed by atoms with Gasteiger partial charge in [0, 0.05) is 5.56 Å². The number of furan rings is 1. The molecule has 0 atom stereocenters. The predicted molar refractivity (Wildman–Crippen MR) is 99.0 cm³/mol. The summed E-state index contributed by atoms with van der Waals surface area (Å²) in [6.45, 7) is 2.14. The van der Waals surface area contributed by atoms with Gasteiger partial charge in [0.2, 0.25) is 0 Å². The summed E-state index contributed by atoms with van der Waals surface area (Å²) in [7, 11) is 0. The van der Waals surface area contributed by atoms with Gasteiger partial charge >= 0.3 is 0 Å². The molecular weight excluding hydrogens is 355 g/mol. The molecule has 0 bridgehead atoms. The van der Waals surface area contributed by atoms with Crippen LogP contribution in [0.15, 0.2) is 65.1 Å². The quantitative estimate of drug-likeness (QED) is 0.403. The fourth-order valence-corrected chi connectivity index (χ4v) is 2.65. The maximum absolute atomic E-state index is 12.9. The Morgan fingerprint density at radius 1 is 1.15 bits per heavy atom. The molecule has 26 heavy (non-hydrogen) atoms. The Balaban J connectivity index is 1.62. The van der Waals surface area contributed by atoms with Gasteiger partial charge in [-0.1, -0.05) is 23.7 Å². The van der Waals surface area contributed by atoms with Gasteiger partial charge in [-0.2, -0.15) is 0 Å². The van der Waals surface area contributed by atoms with Gasteiger partial charge in [-0.25, -0.2) is 4.39 Å². The number of benzene rings is 2. The van der Waals surface area contributed by atoms with Crippen molar-refractivity contribution in [2.45, 2.75) is 13.5 Å². The van der Waals surface area contributed by atoms with E-state index in [1.54, 1.807) is 24.3 Å². The molecule has 0 amide bonds. The number of ether oxygens (including phenoxy) is 1. The molecule has 0 spiro atoms. The summed E-state index contributed by atoms with van der Waals surface area (Å²) in [5.41, 5.74) is 1.35. The Hall–Kier alpha value is -2.85. The van der Waals surface area contributed by atoms with E-state index < -0.39 is 0 Å². The summed E-state index contributed by atoms with van der Waals surface area (Å²) in [5, 5.41) is 0.543. The molecule has 1 aromatic heterocycles. The molecule has 5 heteroatoms. The fraction of sp³-hybridized carbons (Fsp3) is 0.0952. The molecule has 3 nitrogen and oxygen atoms in total. The van der Waals surface area contributed by atoms with E-state index in [2.05, 4.69) is 0 Å². The van der Waals surface area contributed by atoms with E-state index in [0.29, 0.717) is 27.9 Å². The Labute approximate surface area is 155 Å². The van der Waals surface area contributed by atoms with Crippen LogP contribution in [-0.2, 0) is 6.61 Å². The van der Waals surface area contributed by atoms with Gasteiger partial charge in [0.05, 0.1) is 5.02 Å². The molecule has 1 heterocycles. The van der Waals surface area contributed by atoms with Crippen molar-refractivity contribution in [3.8, 4) is 5.75 Å². The standard InChI is InChI=1S/C21H16ClFO3/c1-14-3-2-4-19(22)21(14)25-13-18-10-9-17(26-18)11-12-20(24)15-5-7-16(23)8-6-15/h2-12H,13H2,1H3/b12-11+. The van der Waals surface area contributed by atoms with E-state index in [1.165, 1.54) is 30.3 Å². The molecule has 3 aromatic rings. The SMILES string of the molecule is Cc1cccc(Cl)c1OCc1ccc(/C=C/C(=O)c2ccc(F)cc2)o1. The molecule has 0 fully saturated rings. The highest BCUT2D eigenvalue weighted by molar-refractivity contribution is 6.32. The molecule has 2 aromatic carbocycles. The van der Waals surface area contributed by atoms with Crippen molar-refractivity contribution in [3.63, 3.8) is 0 Å². The lowest BCUT2D eigenvalue weighted by molar-refractivity contribution is 0.104. The normalized spacial score (nSPS) is 11.0. The van der Waals surface area contributed by atoms with Gasteiger partial charge in [-0.05, 0) is 67.1 Å². The lowest BCUT2D eigenvalue weighted by Gasteiger charge is -2.09. The first-order chi connectivity index (χ1) is 12.5. The summed E-state index contributed by atoms with van der Waals surface area (Å²) in [6.07, 6.45) is 2.95. The number of carbonyl (C=O) groups is 1. The third-order valence-electron chi connectivity index (χ3n) is 3.73. The number of halogens is 2. The van der Waals surface area contributed by atoms with E-state index in [0.717, 1.165) is 5.56 Å². The van der Waals surface area contributed by atoms with Crippen molar-refractivity contribution in [2.24, 2.45) is 0 Å². The van der Waals surface area contributed by atoms with E-state index in [9.17, 15) is 9.18 Å². The van der Waals surface area contributed by atoms with Gasteiger partial charge in [-0.3, -0.25) is 4.79 Å². The zero-order valence-electron chi connectivity index (χ0n) is 14.0. The zero-order valence-corrected chi connectivity index (χ0v) is 14.8. The average molecular weight is 371 g/mol. The fourth-order valence-electron chi connectivity index (χ4n) is 2.37. The Morgan fingerprint density at radius 2 is 1.92 bits per heavy atom. The minimum Gasteiger partial charge on any atom is -0.484 e. The molecule has 0 aliphatic rings. The van der Waals surface area contributed by atoms with E-state index >= 15 is 0 Å². The third-order valence-corrected chi connectivity index (χ3v) is 4.03. The first-order valence-electron chi connectivity index (χ1n) is 7.97. The van der Waals surface area contributed by atoms with Crippen LogP contribution in [0, 0.1) is 12.7 Å². The summed E-state index contributed by atoms with van der Waals surface area (Å²) in [6, 6.07) is 14.4. The summed E-state index contributed by atoms with van der Waals surface area (Å²) in [5.74, 6) is 1.14. The largest absolute Gasteiger partial charge is 0.484 e. The van der Waals surface area contributed by atoms with Crippen LogP contribution in [0.2, 0.25) is 5.02 Å². The van der Waals surface area contributed by atoms with Crippen molar-refractivity contribution >= 4 is 23.5 Å².